The van der Waals surface area contributed by atoms with Crippen molar-refractivity contribution >= 4 is 11.9 Å². The number of carboxylic acid groups (broad SMARTS) is 1. The molecule has 1 aliphatic carbocycles. The SMILES string of the molecule is O=C(O)[C@@H]1CN(C(=O)C2(O)CCCC2)C[C@H]1c1ccccc1. The first-order valence-corrected chi connectivity index (χ1v) is 7.81. The number of aliphatic carboxylic acids is 1. The molecule has 1 aliphatic heterocycles. The van der Waals surface area contributed by atoms with Gasteiger partial charge in [-0.1, -0.05) is 30.3 Å². The molecule has 2 atom stereocenters. The molecule has 0 aromatic heterocycles. The predicted octanol–water partition coefficient (Wildman–Crippen LogP) is 1.62. The van der Waals surface area contributed by atoms with Crippen molar-refractivity contribution in [2.24, 2.45) is 5.92 Å². The van der Waals surface area contributed by atoms with Crippen LogP contribution in [0.4, 0.5) is 0 Å². The zero-order chi connectivity index (χ0) is 15.7. The van der Waals surface area contributed by atoms with Gasteiger partial charge in [-0.2, -0.15) is 0 Å². The lowest BCUT2D eigenvalue weighted by Gasteiger charge is -2.27. The van der Waals surface area contributed by atoms with Crippen LogP contribution in [0.25, 0.3) is 0 Å². The van der Waals surface area contributed by atoms with Gasteiger partial charge in [0.25, 0.3) is 5.91 Å². The van der Waals surface area contributed by atoms with Crippen LogP contribution in [-0.2, 0) is 9.59 Å². The Morgan fingerprint density at radius 3 is 2.32 bits per heavy atom. The van der Waals surface area contributed by atoms with Crippen LogP contribution in [0.1, 0.15) is 37.2 Å². The topological polar surface area (TPSA) is 77.8 Å². The summed E-state index contributed by atoms with van der Waals surface area (Å²) in [6.07, 6.45) is 2.66. The van der Waals surface area contributed by atoms with Crippen molar-refractivity contribution in [1.29, 1.82) is 0 Å². The highest BCUT2D eigenvalue weighted by atomic mass is 16.4. The number of rotatable bonds is 3. The van der Waals surface area contributed by atoms with Gasteiger partial charge in [-0.15, -0.1) is 0 Å². The smallest absolute Gasteiger partial charge is 0.308 e. The van der Waals surface area contributed by atoms with Crippen LogP contribution in [0, 0.1) is 5.92 Å². The normalized spacial score (nSPS) is 27.0. The largest absolute Gasteiger partial charge is 0.481 e. The van der Waals surface area contributed by atoms with E-state index in [1.54, 1.807) is 4.90 Å². The highest BCUT2D eigenvalue weighted by Crippen LogP contribution is 2.37. The van der Waals surface area contributed by atoms with Gasteiger partial charge in [-0.25, -0.2) is 0 Å². The second-order valence-corrected chi connectivity index (χ2v) is 6.41. The van der Waals surface area contributed by atoms with E-state index in [9.17, 15) is 19.8 Å². The Morgan fingerprint density at radius 1 is 1.09 bits per heavy atom. The minimum Gasteiger partial charge on any atom is -0.481 e. The van der Waals surface area contributed by atoms with Gasteiger partial charge in [0.15, 0.2) is 0 Å². The number of carboxylic acids is 1. The second-order valence-electron chi connectivity index (χ2n) is 6.41. The molecule has 5 heteroatoms. The lowest BCUT2D eigenvalue weighted by molar-refractivity contribution is -0.150. The molecule has 5 nitrogen and oxygen atoms in total. The summed E-state index contributed by atoms with van der Waals surface area (Å²) in [5.41, 5.74) is -0.349. The van der Waals surface area contributed by atoms with Gasteiger partial charge in [0.05, 0.1) is 5.92 Å². The zero-order valence-electron chi connectivity index (χ0n) is 12.4. The third-order valence-corrected chi connectivity index (χ3v) is 4.98. The van der Waals surface area contributed by atoms with Crippen LogP contribution in [-0.4, -0.2) is 45.7 Å². The Balaban J connectivity index is 1.82. The third-order valence-electron chi connectivity index (χ3n) is 4.98. The summed E-state index contributed by atoms with van der Waals surface area (Å²) in [6.45, 7) is 0.540. The van der Waals surface area contributed by atoms with Crippen LogP contribution in [0.5, 0.6) is 0 Å². The van der Waals surface area contributed by atoms with Gasteiger partial charge in [0.1, 0.15) is 5.60 Å². The monoisotopic (exact) mass is 303 g/mol. The Labute approximate surface area is 129 Å². The fraction of sp³-hybridized carbons (Fsp3) is 0.529. The van der Waals surface area contributed by atoms with E-state index in [0.29, 0.717) is 19.4 Å². The van der Waals surface area contributed by atoms with Crippen molar-refractivity contribution < 1.29 is 19.8 Å². The van der Waals surface area contributed by atoms with Gasteiger partial charge in [0.2, 0.25) is 0 Å². The Morgan fingerprint density at radius 2 is 1.73 bits per heavy atom. The van der Waals surface area contributed by atoms with Crippen molar-refractivity contribution in [3.8, 4) is 0 Å². The molecule has 2 N–H and O–H groups in total. The van der Waals surface area contributed by atoms with Crippen molar-refractivity contribution in [2.75, 3.05) is 13.1 Å². The van der Waals surface area contributed by atoms with Crippen molar-refractivity contribution in [3.05, 3.63) is 35.9 Å². The molecule has 1 heterocycles. The number of benzene rings is 1. The molecule has 0 bridgehead atoms. The van der Waals surface area contributed by atoms with Crippen LogP contribution in [0.15, 0.2) is 30.3 Å². The number of likely N-dealkylation sites (tertiary alicyclic amines) is 1. The fourth-order valence-electron chi connectivity index (χ4n) is 3.73. The summed E-state index contributed by atoms with van der Waals surface area (Å²) < 4.78 is 0. The Hall–Kier alpha value is -1.88. The molecule has 0 spiro atoms. The lowest BCUT2D eigenvalue weighted by Crippen LogP contribution is -2.46. The Bertz CT molecular complexity index is 565. The van der Waals surface area contributed by atoms with E-state index in [2.05, 4.69) is 0 Å². The molecule has 1 aromatic rings. The third kappa shape index (κ3) is 2.61. The quantitative estimate of drug-likeness (QED) is 0.889. The van der Waals surface area contributed by atoms with Gasteiger partial charge in [0, 0.05) is 19.0 Å². The maximum absolute atomic E-state index is 12.6. The minimum atomic E-state index is -1.28. The second kappa shape index (κ2) is 5.72. The average Bonchev–Trinajstić information content (AvgIpc) is 3.15. The maximum atomic E-state index is 12.6. The van der Waals surface area contributed by atoms with Gasteiger partial charge in [-0.05, 0) is 31.2 Å². The molecule has 22 heavy (non-hydrogen) atoms. The van der Waals surface area contributed by atoms with E-state index < -0.39 is 17.5 Å². The summed E-state index contributed by atoms with van der Waals surface area (Å²) in [5.74, 6) is -2.01. The first-order chi connectivity index (χ1) is 10.5. The molecule has 1 aromatic carbocycles. The van der Waals surface area contributed by atoms with Gasteiger partial charge >= 0.3 is 5.97 Å². The summed E-state index contributed by atoms with van der Waals surface area (Å²) >= 11 is 0. The molecular formula is C17H21NO4. The van der Waals surface area contributed by atoms with Crippen LogP contribution in [0.2, 0.25) is 0 Å². The average molecular weight is 303 g/mol. The van der Waals surface area contributed by atoms with E-state index in [-0.39, 0.29) is 18.4 Å². The highest BCUT2D eigenvalue weighted by molar-refractivity contribution is 5.86. The van der Waals surface area contributed by atoms with Crippen LogP contribution in [0.3, 0.4) is 0 Å². The summed E-state index contributed by atoms with van der Waals surface area (Å²) in [5, 5.41) is 19.9. The number of nitrogens with zero attached hydrogens (tertiary/aromatic N) is 1. The number of hydrogen-bond donors (Lipinski definition) is 2. The maximum Gasteiger partial charge on any atom is 0.308 e. The van der Waals surface area contributed by atoms with E-state index >= 15 is 0 Å². The molecule has 0 unspecified atom stereocenters. The predicted molar refractivity (Wildman–Crippen MR) is 80.3 cm³/mol. The molecule has 3 rings (SSSR count). The zero-order valence-corrected chi connectivity index (χ0v) is 12.4. The number of amides is 1. The molecule has 118 valence electrons. The van der Waals surface area contributed by atoms with E-state index in [4.69, 9.17) is 0 Å². The first kappa shape index (κ1) is 15.0. The minimum absolute atomic E-state index is 0.177. The molecule has 0 radical (unpaired) electrons. The van der Waals surface area contributed by atoms with E-state index in [1.165, 1.54) is 0 Å². The molecule has 1 saturated heterocycles. The molecule has 1 saturated carbocycles. The standard InChI is InChI=1S/C17H21NO4/c19-15(20)14-11-18(16(21)17(22)8-4-5-9-17)10-13(14)12-6-2-1-3-7-12/h1-3,6-7,13-14,22H,4-5,8-11H2,(H,19,20)/t13-,14+/m0/s1. The highest BCUT2D eigenvalue weighted by Gasteiger charge is 2.47. The first-order valence-electron chi connectivity index (χ1n) is 7.81. The van der Waals surface area contributed by atoms with Crippen LogP contribution < -0.4 is 0 Å². The van der Waals surface area contributed by atoms with Crippen molar-refractivity contribution in [3.63, 3.8) is 0 Å². The number of hydrogen-bond acceptors (Lipinski definition) is 3. The Kier molecular flexibility index (Phi) is 3.91. The summed E-state index contributed by atoms with van der Waals surface area (Å²) in [4.78, 5) is 25.7. The van der Waals surface area contributed by atoms with E-state index in [0.717, 1.165) is 18.4 Å². The number of aliphatic hydroxyl groups is 1. The lowest BCUT2D eigenvalue weighted by atomic mass is 9.89. The van der Waals surface area contributed by atoms with Gasteiger partial charge < -0.3 is 15.1 Å². The van der Waals surface area contributed by atoms with Crippen molar-refractivity contribution in [2.45, 2.75) is 37.2 Å². The summed E-state index contributed by atoms with van der Waals surface area (Å²) in [7, 11) is 0. The summed E-state index contributed by atoms with van der Waals surface area (Å²) in [6, 6.07) is 9.45. The molecule has 1 amide bonds. The number of carbonyl (C=O) groups excluding carboxylic acids is 1. The molecule has 2 aliphatic rings. The molecular weight excluding hydrogens is 282 g/mol. The fourth-order valence-corrected chi connectivity index (χ4v) is 3.73. The number of carbonyl (C=O) groups is 2. The van der Waals surface area contributed by atoms with Crippen LogP contribution >= 0.6 is 0 Å². The van der Waals surface area contributed by atoms with E-state index in [1.807, 2.05) is 30.3 Å². The van der Waals surface area contributed by atoms with Gasteiger partial charge in [-0.3, -0.25) is 9.59 Å². The van der Waals surface area contributed by atoms with Crippen molar-refractivity contribution in [1.82, 2.24) is 4.90 Å². The molecule has 2 fully saturated rings.